The molecule has 2 heterocycles. The smallest absolute Gasteiger partial charge is 0.171 e. The molecule has 1 fully saturated rings. The lowest BCUT2D eigenvalue weighted by Crippen LogP contribution is -2.37. The molecule has 0 unspecified atom stereocenters. The second-order valence-corrected chi connectivity index (χ2v) is 7.14. The van der Waals surface area contributed by atoms with Gasteiger partial charge in [0.25, 0.3) is 0 Å². The summed E-state index contributed by atoms with van der Waals surface area (Å²) >= 11 is 5.38. The Balaban J connectivity index is 1.52. The van der Waals surface area contributed by atoms with Crippen molar-refractivity contribution in [2.75, 3.05) is 16.8 Å². The number of anilines is 2. The number of hydrogen-bond donors (Lipinski definition) is 2. The van der Waals surface area contributed by atoms with Crippen molar-refractivity contribution in [2.24, 2.45) is 0 Å². The van der Waals surface area contributed by atoms with Crippen LogP contribution in [0.1, 0.15) is 37.3 Å². The maximum absolute atomic E-state index is 5.38. The van der Waals surface area contributed by atoms with Crippen molar-refractivity contribution >= 4 is 28.8 Å². The van der Waals surface area contributed by atoms with Gasteiger partial charge in [0.15, 0.2) is 5.11 Å². The molecule has 2 N–H and O–H groups in total. The first-order valence-corrected chi connectivity index (χ1v) is 9.36. The number of nitrogens with one attached hydrogen (secondary N) is 2. The van der Waals surface area contributed by atoms with E-state index in [1.165, 1.54) is 30.4 Å². The van der Waals surface area contributed by atoms with Gasteiger partial charge in [-0.3, -0.25) is 0 Å². The van der Waals surface area contributed by atoms with Crippen LogP contribution in [0.3, 0.4) is 0 Å². The normalized spacial score (nSPS) is 17.2. The van der Waals surface area contributed by atoms with Crippen molar-refractivity contribution in [1.82, 2.24) is 10.3 Å². The van der Waals surface area contributed by atoms with Crippen molar-refractivity contribution in [3.63, 3.8) is 0 Å². The maximum atomic E-state index is 5.38. The Morgan fingerprint density at radius 2 is 2.00 bits per heavy atom. The Labute approximate surface area is 155 Å². The highest BCUT2D eigenvalue weighted by Gasteiger charge is 2.19. The zero-order valence-electron chi connectivity index (χ0n) is 15.0. The molecule has 3 rings (SSSR count). The predicted molar refractivity (Wildman–Crippen MR) is 109 cm³/mol. The second-order valence-electron chi connectivity index (χ2n) is 6.74. The molecule has 1 aliphatic heterocycles. The zero-order chi connectivity index (χ0) is 17.6. The van der Waals surface area contributed by atoms with Crippen LogP contribution in [-0.2, 0) is 6.54 Å². The van der Waals surface area contributed by atoms with Gasteiger partial charge in [-0.2, -0.15) is 0 Å². The summed E-state index contributed by atoms with van der Waals surface area (Å²) in [7, 11) is 0. The van der Waals surface area contributed by atoms with Crippen LogP contribution in [0.15, 0.2) is 42.6 Å². The number of nitrogens with zero attached hydrogens (tertiary/aromatic N) is 2. The predicted octanol–water partition coefficient (Wildman–Crippen LogP) is 4.26. The van der Waals surface area contributed by atoms with Crippen molar-refractivity contribution in [3.8, 4) is 0 Å². The van der Waals surface area contributed by atoms with E-state index in [9.17, 15) is 0 Å². The monoisotopic (exact) mass is 354 g/mol. The summed E-state index contributed by atoms with van der Waals surface area (Å²) in [6, 6.07) is 13.1. The molecule has 25 heavy (non-hydrogen) atoms. The van der Waals surface area contributed by atoms with Gasteiger partial charge in [0.1, 0.15) is 5.82 Å². The summed E-state index contributed by atoms with van der Waals surface area (Å²) in [5.41, 5.74) is 3.38. The van der Waals surface area contributed by atoms with Crippen molar-refractivity contribution < 1.29 is 0 Å². The summed E-state index contributed by atoms with van der Waals surface area (Å²) in [5.74, 6) is 1.05. The van der Waals surface area contributed by atoms with Gasteiger partial charge in [-0.1, -0.05) is 29.8 Å². The number of piperidine rings is 1. The van der Waals surface area contributed by atoms with E-state index < -0.39 is 0 Å². The van der Waals surface area contributed by atoms with E-state index in [4.69, 9.17) is 12.2 Å². The molecule has 0 spiro atoms. The van der Waals surface area contributed by atoms with Gasteiger partial charge in [-0.15, -0.1) is 0 Å². The average Bonchev–Trinajstić information content (AvgIpc) is 2.62. The van der Waals surface area contributed by atoms with Gasteiger partial charge in [0, 0.05) is 19.1 Å². The number of hydrogen-bond acceptors (Lipinski definition) is 3. The van der Waals surface area contributed by atoms with E-state index in [0.717, 1.165) is 18.1 Å². The molecule has 4 nitrogen and oxygen atoms in total. The number of thiocarbonyl (C=S) groups is 1. The molecule has 132 valence electrons. The molecule has 1 aliphatic rings. The first kappa shape index (κ1) is 17.7. The third-order valence-electron chi connectivity index (χ3n) is 4.68. The van der Waals surface area contributed by atoms with Gasteiger partial charge < -0.3 is 15.5 Å². The first-order valence-electron chi connectivity index (χ1n) is 8.95. The Morgan fingerprint density at radius 3 is 2.68 bits per heavy atom. The highest BCUT2D eigenvalue weighted by molar-refractivity contribution is 7.80. The zero-order valence-corrected chi connectivity index (χ0v) is 15.8. The quantitative estimate of drug-likeness (QED) is 0.803. The number of benzene rings is 1. The second kappa shape index (κ2) is 8.30. The fourth-order valence-corrected chi connectivity index (χ4v) is 3.32. The number of pyridine rings is 1. The van der Waals surface area contributed by atoms with Gasteiger partial charge in [0.2, 0.25) is 0 Å². The lowest BCUT2D eigenvalue weighted by Gasteiger charge is -2.34. The SMILES string of the molecule is Cc1ccc(CNC(=S)Nc2ccc(N3CCCC[C@@H]3C)nc2)cc1. The molecule has 1 aromatic carbocycles. The first-order chi connectivity index (χ1) is 12.1. The van der Waals surface area contributed by atoms with Gasteiger partial charge in [-0.25, -0.2) is 4.98 Å². The van der Waals surface area contributed by atoms with Crippen molar-refractivity contribution in [2.45, 2.75) is 45.7 Å². The Morgan fingerprint density at radius 1 is 1.20 bits per heavy atom. The van der Waals surface area contributed by atoms with Crippen LogP contribution in [0.25, 0.3) is 0 Å². The Bertz CT molecular complexity index is 697. The number of aryl methyl sites for hydroxylation is 1. The topological polar surface area (TPSA) is 40.2 Å². The highest BCUT2D eigenvalue weighted by atomic mass is 32.1. The molecule has 1 aromatic heterocycles. The van der Waals surface area contributed by atoms with Crippen molar-refractivity contribution in [3.05, 3.63) is 53.7 Å². The molecule has 0 aliphatic carbocycles. The van der Waals surface area contributed by atoms with E-state index in [1.807, 2.05) is 12.3 Å². The van der Waals surface area contributed by atoms with E-state index >= 15 is 0 Å². The Kier molecular flexibility index (Phi) is 5.87. The average molecular weight is 355 g/mol. The third-order valence-corrected chi connectivity index (χ3v) is 4.92. The van der Waals surface area contributed by atoms with Crippen LogP contribution < -0.4 is 15.5 Å². The fraction of sp³-hybridized carbons (Fsp3) is 0.400. The molecule has 1 atom stereocenters. The summed E-state index contributed by atoms with van der Waals surface area (Å²) in [5, 5.41) is 7.05. The highest BCUT2D eigenvalue weighted by Crippen LogP contribution is 2.23. The van der Waals surface area contributed by atoms with Crippen LogP contribution in [0.2, 0.25) is 0 Å². The number of aromatic nitrogens is 1. The molecule has 0 radical (unpaired) electrons. The summed E-state index contributed by atoms with van der Waals surface area (Å²) in [4.78, 5) is 7.00. The van der Waals surface area contributed by atoms with E-state index in [0.29, 0.717) is 17.7 Å². The molecule has 0 bridgehead atoms. The van der Waals surface area contributed by atoms with Crippen LogP contribution in [0, 0.1) is 6.92 Å². The Hall–Kier alpha value is -2.14. The largest absolute Gasteiger partial charge is 0.358 e. The molecular weight excluding hydrogens is 328 g/mol. The molecule has 2 aromatic rings. The molecule has 1 saturated heterocycles. The maximum Gasteiger partial charge on any atom is 0.171 e. The summed E-state index contributed by atoms with van der Waals surface area (Å²) in [6.07, 6.45) is 5.67. The minimum absolute atomic E-state index is 0.567. The van der Waals surface area contributed by atoms with E-state index in [2.05, 4.69) is 64.7 Å². The van der Waals surface area contributed by atoms with Crippen molar-refractivity contribution in [1.29, 1.82) is 0 Å². The van der Waals surface area contributed by atoms with Crippen LogP contribution in [-0.4, -0.2) is 22.7 Å². The molecule has 0 amide bonds. The van der Waals surface area contributed by atoms with Crippen LogP contribution in [0.4, 0.5) is 11.5 Å². The fourth-order valence-electron chi connectivity index (χ4n) is 3.13. The standard InChI is InChI=1S/C20H26N4S/c1-15-6-8-17(9-7-15)13-22-20(25)23-18-10-11-19(21-14-18)24-12-4-3-5-16(24)2/h6-11,14,16H,3-5,12-13H2,1-2H3,(H2,22,23,25)/t16-/m0/s1. The minimum atomic E-state index is 0.567. The van der Waals surface area contributed by atoms with E-state index in [1.54, 1.807) is 0 Å². The van der Waals surface area contributed by atoms with E-state index in [-0.39, 0.29) is 0 Å². The third kappa shape index (κ3) is 4.92. The molecule has 0 saturated carbocycles. The van der Waals surface area contributed by atoms with Gasteiger partial charge in [0.05, 0.1) is 11.9 Å². The summed E-state index contributed by atoms with van der Waals surface area (Å²) in [6.45, 7) is 6.17. The molecular formula is C20H26N4S. The van der Waals surface area contributed by atoms with Gasteiger partial charge >= 0.3 is 0 Å². The van der Waals surface area contributed by atoms with Gasteiger partial charge in [-0.05, 0) is 63.0 Å². The van der Waals surface area contributed by atoms with Crippen LogP contribution >= 0.6 is 12.2 Å². The summed E-state index contributed by atoms with van der Waals surface area (Å²) < 4.78 is 0. The minimum Gasteiger partial charge on any atom is -0.358 e. The lowest BCUT2D eigenvalue weighted by atomic mass is 10.0. The van der Waals surface area contributed by atoms with Crippen LogP contribution in [0.5, 0.6) is 0 Å². The molecule has 5 heteroatoms. The number of rotatable bonds is 4. The lowest BCUT2D eigenvalue weighted by molar-refractivity contribution is 0.481.